The largest absolute Gasteiger partial charge is 0.261 e. The maximum atomic E-state index is 11.2. The third-order valence-corrected chi connectivity index (χ3v) is 3.77. The summed E-state index contributed by atoms with van der Waals surface area (Å²) in [7, 11) is 1.30. The van der Waals surface area contributed by atoms with Crippen LogP contribution in [0.3, 0.4) is 0 Å². The lowest BCUT2D eigenvalue weighted by Crippen LogP contribution is -1.99. The summed E-state index contributed by atoms with van der Waals surface area (Å²) in [5, 5.41) is 8.66. The Hall–Kier alpha value is -0.410. The summed E-state index contributed by atoms with van der Waals surface area (Å²) in [6.45, 7) is 0. The Labute approximate surface area is 102 Å². The van der Waals surface area contributed by atoms with Gasteiger partial charge in [-0.1, -0.05) is 0 Å². The predicted octanol–water partition coefficient (Wildman–Crippen LogP) is 2.51. The van der Waals surface area contributed by atoms with Crippen LogP contribution < -0.4 is 0 Å². The molecule has 1 aromatic rings. The minimum absolute atomic E-state index is 0.0359. The highest BCUT2D eigenvalue weighted by Crippen LogP contribution is 2.28. The minimum atomic E-state index is -3.91. The fraction of sp³-hybridized carbons (Fsp3) is 0.125. The molecule has 0 aromatic heterocycles. The average Bonchev–Trinajstić information content (AvgIpc) is 2.15. The molecule has 0 atom stereocenters. The zero-order valence-electron chi connectivity index (χ0n) is 7.24. The van der Waals surface area contributed by atoms with Gasteiger partial charge < -0.3 is 0 Å². The normalized spacial score (nSPS) is 11.1. The van der Waals surface area contributed by atoms with Crippen molar-refractivity contribution in [2.24, 2.45) is 0 Å². The van der Waals surface area contributed by atoms with Gasteiger partial charge in [0.05, 0.1) is 16.5 Å². The van der Waals surface area contributed by atoms with Crippen molar-refractivity contribution in [3.63, 3.8) is 0 Å². The highest BCUT2D eigenvalue weighted by molar-refractivity contribution is 8.13. The summed E-state index contributed by atoms with van der Waals surface area (Å²) >= 11 is 9.63. The van der Waals surface area contributed by atoms with Gasteiger partial charge in [0.15, 0.2) is 0 Å². The summed E-state index contributed by atoms with van der Waals surface area (Å²) in [5.41, 5.74) is 0.474. The summed E-state index contributed by atoms with van der Waals surface area (Å²) in [6.07, 6.45) is 0. The van der Waals surface area contributed by atoms with Crippen LogP contribution in [0, 0.1) is 11.3 Å². The average molecular weight is 282 g/mol. The van der Waals surface area contributed by atoms with E-state index >= 15 is 0 Å². The number of nitrogens with zero attached hydrogens (tertiary/aromatic N) is 1. The Balaban J connectivity index is 3.63. The monoisotopic (exact) mass is 281 g/mol. The molecule has 15 heavy (non-hydrogen) atoms. The highest BCUT2D eigenvalue weighted by Gasteiger charge is 2.18. The molecule has 0 aliphatic rings. The van der Waals surface area contributed by atoms with Crippen LogP contribution in [-0.4, -0.2) is 8.42 Å². The molecule has 80 valence electrons. The fourth-order valence-electron chi connectivity index (χ4n) is 1.05. The van der Waals surface area contributed by atoms with Crippen molar-refractivity contribution in [2.45, 2.75) is 15.7 Å². The molecule has 0 N–H and O–H groups in total. The van der Waals surface area contributed by atoms with Gasteiger partial charge in [-0.3, -0.25) is 0 Å². The van der Waals surface area contributed by atoms with Crippen LogP contribution in [0.4, 0.5) is 0 Å². The molecule has 7 heteroatoms. The number of hydrogen-bond donors (Lipinski definition) is 1. The molecule has 1 aromatic carbocycles. The second-order valence-electron chi connectivity index (χ2n) is 2.66. The van der Waals surface area contributed by atoms with Crippen LogP contribution in [0.1, 0.15) is 11.1 Å². The van der Waals surface area contributed by atoms with E-state index in [9.17, 15) is 8.42 Å². The number of hydrogen-bond acceptors (Lipinski definition) is 4. The molecule has 0 saturated carbocycles. The van der Waals surface area contributed by atoms with Crippen molar-refractivity contribution in [3.8, 4) is 6.07 Å². The molecule has 0 aliphatic heterocycles. The van der Waals surface area contributed by atoms with E-state index in [1.165, 1.54) is 12.1 Å². The van der Waals surface area contributed by atoms with Gasteiger partial charge >= 0.3 is 0 Å². The lowest BCUT2D eigenvalue weighted by atomic mass is 10.2. The summed E-state index contributed by atoms with van der Waals surface area (Å²) in [4.78, 5) is 0.173. The number of benzene rings is 1. The van der Waals surface area contributed by atoms with Gasteiger partial charge in [0.1, 0.15) is 0 Å². The molecule has 0 fully saturated rings. The van der Waals surface area contributed by atoms with Crippen LogP contribution in [0.25, 0.3) is 0 Å². The molecule has 0 unspecified atom stereocenters. The maximum Gasteiger partial charge on any atom is 0.261 e. The first kappa shape index (κ1) is 12.7. The Bertz CT molecular complexity index is 534. The molecule has 0 spiro atoms. The Morgan fingerprint density at radius 3 is 2.47 bits per heavy atom. The first-order chi connectivity index (χ1) is 6.90. The van der Waals surface area contributed by atoms with Gasteiger partial charge in [0.25, 0.3) is 9.05 Å². The number of alkyl halides is 1. The summed E-state index contributed by atoms with van der Waals surface area (Å²) < 4.78 is 22.4. The maximum absolute atomic E-state index is 11.2. The molecule has 0 bridgehead atoms. The molecule has 0 amide bonds. The molecular formula is C8H5Cl2NO2S2. The van der Waals surface area contributed by atoms with Crippen molar-refractivity contribution in [1.82, 2.24) is 0 Å². The van der Waals surface area contributed by atoms with E-state index in [1.807, 2.05) is 6.07 Å². The molecule has 0 heterocycles. The van der Waals surface area contributed by atoms with Crippen molar-refractivity contribution >= 4 is 44.0 Å². The Morgan fingerprint density at radius 2 is 2.07 bits per heavy atom. The minimum Gasteiger partial charge on any atom is -0.207 e. The standard InChI is InChI=1S/C8H5Cl2NO2S2/c9-3-6-7(14)1-5(4-11)2-8(6)15(10,12)13/h1-2,14H,3H2. The van der Waals surface area contributed by atoms with Crippen molar-refractivity contribution in [3.05, 3.63) is 23.3 Å². The predicted molar refractivity (Wildman–Crippen MR) is 61.0 cm³/mol. The van der Waals surface area contributed by atoms with Gasteiger partial charge in [0.2, 0.25) is 0 Å². The number of thiol groups is 1. The smallest absolute Gasteiger partial charge is 0.207 e. The number of halogens is 2. The number of rotatable bonds is 2. The molecule has 1 rings (SSSR count). The zero-order chi connectivity index (χ0) is 11.6. The van der Waals surface area contributed by atoms with Gasteiger partial charge in [-0.15, -0.1) is 24.2 Å². The van der Waals surface area contributed by atoms with E-state index in [1.54, 1.807) is 0 Å². The third-order valence-electron chi connectivity index (χ3n) is 1.71. The topological polar surface area (TPSA) is 57.9 Å². The van der Waals surface area contributed by atoms with Crippen molar-refractivity contribution in [1.29, 1.82) is 5.26 Å². The van der Waals surface area contributed by atoms with E-state index in [0.29, 0.717) is 10.5 Å². The van der Waals surface area contributed by atoms with E-state index in [4.69, 9.17) is 27.5 Å². The first-order valence-corrected chi connectivity index (χ1v) is 6.96. The molecular weight excluding hydrogens is 277 g/mol. The summed E-state index contributed by atoms with van der Waals surface area (Å²) in [6, 6.07) is 4.43. The van der Waals surface area contributed by atoms with Gasteiger partial charge in [-0.05, 0) is 12.1 Å². The lowest BCUT2D eigenvalue weighted by molar-refractivity contribution is 0.608. The second kappa shape index (κ2) is 4.62. The summed E-state index contributed by atoms with van der Waals surface area (Å²) in [5.74, 6) is -0.0359. The molecule has 3 nitrogen and oxygen atoms in total. The van der Waals surface area contributed by atoms with Crippen LogP contribution in [0.2, 0.25) is 0 Å². The van der Waals surface area contributed by atoms with Crippen LogP contribution >= 0.6 is 34.9 Å². The van der Waals surface area contributed by atoms with Crippen molar-refractivity contribution in [2.75, 3.05) is 0 Å². The highest BCUT2D eigenvalue weighted by atomic mass is 35.7. The molecule has 0 saturated heterocycles. The quantitative estimate of drug-likeness (QED) is 0.515. The van der Waals surface area contributed by atoms with Crippen LogP contribution in [0.15, 0.2) is 21.9 Å². The van der Waals surface area contributed by atoms with E-state index < -0.39 is 9.05 Å². The van der Waals surface area contributed by atoms with E-state index in [2.05, 4.69) is 12.6 Å². The van der Waals surface area contributed by atoms with Crippen molar-refractivity contribution < 1.29 is 8.42 Å². The van der Waals surface area contributed by atoms with Gasteiger partial charge in [0, 0.05) is 27.0 Å². The van der Waals surface area contributed by atoms with Crippen LogP contribution in [-0.2, 0) is 14.9 Å². The SMILES string of the molecule is N#Cc1cc(S)c(CCl)c(S(=O)(=O)Cl)c1. The third kappa shape index (κ3) is 2.79. The van der Waals surface area contributed by atoms with Gasteiger partial charge in [-0.25, -0.2) is 8.42 Å². The Morgan fingerprint density at radius 1 is 1.47 bits per heavy atom. The second-order valence-corrected chi connectivity index (χ2v) is 5.94. The molecule has 0 aliphatic carbocycles. The fourth-order valence-corrected chi connectivity index (χ4v) is 3.08. The number of nitriles is 1. The first-order valence-electron chi connectivity index (χ1n) is 3.66. The van der Waals surface area contributed by atoms with E-state index in [-0.39, 0.29) is 16.3 Å². The molecule has 0 radical (unpaired) electrons. The lowest BCUT2D eigenvalue weighted by Gasteiger charge is -2.07. The Kier molecular flexibility index (Phi) is 3.90. The van der Waals surface area contributed by atoms with Crippen LogP contribution in [0.5, 0.6) is 0 Å². The van der Waals surface area contributed by atoms with Gasteiger partial charge in [-0.2, -0.15) is 5.26 Å². The zero-order valence-corrected chi connectivity index (χ0v) is 10.5. The van der Waals surface area contributed by atoms with E-state index in [0.717, 1.165) is 0 Å².